The summed E-state index contributed by atoms with van der Waals surface area (Å²) in [7, 11) is 0. The number of aliphatic hydroxyl groups excluding tert-OH is 5. The molecular weight excluding hydrogens is 396 g/mol. The van der Waals surface area contributed by atoms with Crippen molar-refractivity contribution < 1.29 is 44.9 Å². The summed E-state index contributed by atoms with van der Waals surface area (Å²) >= 11 is 0. The Labute approximate surface area is 176 Å². The van der Waals surface area contributed by atoms with Crippen molar-refractivity contribution in [1.82, 2.24) is 0 Å². The van der Waals surface area contributed by atoms with E-state index in [1.807, 2.05) is 20.8 Å². The number of aliphatic hydroxyl groups is 6. The van der Waals surface area contributed by atoms with Gasteiger partial charge in [0, 0.05) is 30.3 Å². The number of hydrogen-bond donors (Lipinski definition) is 6. The molecular formula is C21H36O9. The molecule has 0 spiro atoms. The molecule has 0 amide bonds. The molecule has 174 valence electrons. The molecule has 0 aromatic rings. The third kappa shape index (κ3) is 3.63. The summed E-state index contributed by atoms with van der Waals surface area (Å²) in [5.41, 5.74) is -2.78. The molecule has 2 aliphatic carbocycles. The fourth-order valence-corrected chi connectivity index (χ4v) is 6.39. The van der Waals surface area contributed by atoms with Crippen LogP contribution in [0.4, 0.5) is 0 Å². The highest BCUT2D eigenvalue weighted by atomic mass is 16.7. The van der Waals surface area contributed by atoms with Crippen LogP contribution < -0.4 is 0 Å². The van der Waals surface area contributed by atoms with Gasteiger partial charge in [-0.05, 0) is 25.2 Å². The van der Waals surface area contributed by atoms with Gasteiger partial charge in [0.25, 0.3) is 0 Å². The van der Waals surface area contributed by atoms with E-state index in [-0.39, 0.29) is 24.2 Å². The van der Waals surface area contributed by atoms with E-state index in [1.165, 1.54) is 0 Å². The fraction of sp³-hybridized carbons (Fsp3) is 0.952. The van der Waals surface area contributed by atoms with Crippen molar-refractivity contribution >= 4 is 5.78 Å². The lowest BCUT2D eigenvalue weighted by Crippen LogP contribution is -2.68. The Morgan fingerprint density at radius 2 is 1.67 bits per heavy atom. The highest BCUT2D eigenvalue weighted by Crippen LogP contribution is 2.61. The first-order valence-corrected chi connectivity index (χ1v) is 10.6. The molecule has 9 heteroatoms. The molecule has 0 unspecified atom stereocenters. The maximum absolute atomic E-state index is 13.1. The van der Waals surface area contributed by atoms with Gasteiger partial charge in [0.05, 0.1) is 18.3 Å². The Bertz CT molecular complexity index is 646. The van der Waals surface area contributed by atoms with Crippen molar-refractivity contribution in [1.29, 1.82) is 0 Å². The zero-order valence-corrected chi connectivity index (χ0v) is 18.1. The molecule has 2 saturated carbocycles. The van der Waals surface area contributed by atoms with Crippen molar-refractivity contribution in [2.45, 2.75) is 89.4 Å². The summed E-state index contributed by atoms with van der Waals surface area (Å²) < 4.78 is 11.6. The highest BCUT2D eigenvalue weighted by Gasteiger charge is 2.66. The molecule has 1 saturated heterocycles. The summed E-state index contributed by atoms with van der Waals surface area (Å²) in [6, 6.07) is 0. The van der Waals surface area contributed by atoms with Crippen LogP contribution in [0.5, 0.6) is 0 Å². The predicted molar refractivity (Wildman–Crippen MR) is 104 cm³/mol. The van der Waals surface area contributed by atoms with Crippen LogP contribution in [0.25, 0.3) is 0 Å². The largest absolute Gasteiger partial charge is 0.396 e. The number of carbonyl (C=O) groups excluding carboxylic acids is 1. The second kappa shape index (κ2) is 8.04. The lowest BCUT2D eigenvalue weighted by atomic mass is 9.44. The molecule has 3 fully saturated rings. The molecule has 1 heterocycles. The monoisotopic (exact) mass is 432 g/mol. The Kier molecular flexibility index (Phi) is 6.43. The SMILES string of the molecule is CC1(C)CC[C@H](O[C@@H]2O[C@H](CO)[C@@H](O)[C@H](O)[C@H]2O)[C@]2(C)[C@@H](CO)[C@](C)(O)CC(=O)[C@@H]12. The first-order chi connectivity index (χ1) is 13.8. The second-order valence-corrected chi connectivity index (χ2v) is 10.4. The van der Waals surface area contributed by atoms with E-state index in [4.69, 9.17) is 9.47 Å². The summed E-state index contributed by atoms with van der Waals surface area (Å²) in [4.78, 5) is 13.1. The van der Waals surface area contributed by atoms with Crippen LogP contribution in [0.2, 0.25) is 0 Å². The Morgan fingerprint density at radius 3 is 2.23 bits per heavy atom. The smallest absolute Gasteiger partial charge is 0.186 e. The molecule has 0 radical (unpaired) electrons. The van der Waals surface area contributed by atoms with Crippen molar-refractivity contribution in [2.24, 2.45) is 22.7 Å². The van der Waals surface area contributed by atoms with Gasteiger partial charge < -0.3 is 40.1 Å². The van der Waals surface area contributed by atoms with Gasteiger partial charge >= 0.3 is 0 Å². The van der Waals surface area contributed by atoms with Gasteiger partial charge in [-0.25, -0.2) is 0 Å². The normalized spacial score (nSPS) is 51.5. The Balaban J connectivity index is 1.97. The average molecular weight is 433 g/mol. The zero-order chi connectivity index (χ0) is 22.6. The minimum atomic E-state index is -1.57. The number of hydrogen-bond acceptors (Lipinski definition) is 9. The Morgan fingerprint density at radius 1 is 1.03 bits per heavy atom. The first kappa shape index (κ1) is 24.0. The number of rotatable bonds is 4. The molecule has 6 N–H and O–H groups in total. The number of fused-ring (bicyclic) bond motifs is 1. The average Bonchev–Trinajstić information content (AvgIpc) is 2.62. The van der Waals surface area contributed by atoms with Crippen LogP contribution in [-0.2, 0) is 14.3 Å². The van der Waals surface area contributed by atoms with E-state index in [1.54, 1.807) is 6.92 Å². The first-order valence-electron chi connectivity index (χ1n) is 10.6. The van der Waals surface area contributed by atoms with Crippen molar-refractivity contribution in [3.8, 4) is 0 Å². The van der Waals surface area contributed by atoms with Crippen molar-refractivity contribution in [3.05, 3.63) is 0 Å². The number of ether oxygens (including phenoxy) is 2. The second-order valence-electron chi connectivity index (χ2n) is 10.4. The third-order valence-electron chi connectivity index (χ3n) is 7.83. The summed E-state index contributed by atoms with van der Waals surface area (Å²) in [5.74, 6) is -1.26. The molecule has 30 heavy (non-hydrogen) atoms. The van der Waals surface area contributed by atoms with Crippen molar-refractivity contribution in [3.63, 3.8) is 0 Å². The molecule has 1 aliphatic heterocycles. The van der Waals surface area contributed by atoms with E-state index >= 15 is 0 Å². The van der Waals surface area contributed by atoms with E-state index in [0.29, 0.717) is 12.8 Å². The van der Waals surface area contributed by atoms with Gasteiger partial charge in [-0.1, -0.05) is 20.8 Å². The van der Waals surface area contributed by atoms with E-state index < -0.39 is 66.3 Å². The molecule has 9 nitrogen and oxygen atoms in total. The number of ketones is 1. The third-order valence-corrected chi connectivity index (χ3v) is 7.83. The van der Waals surface area contributed by atoms with Gasteiger partial charge in [-0.2, -0.15) is 0 Å². The van der Waals surface area contributed by atoms with Crippen LogP contribution in [-0.4, -0.2) is 92.0 Å². The van der Waals surface area contributed by atoms with E-state index in [2.05, 4.69) is 0 Å². The van der Waals surface area contributed by atoms with Gasteiger partial charge in [0.1, 0.15) is 30.2 Å². The van der Waals surface area contributed by atoms with Gasteiger partial charge in [-0.15, -0.1) is 0 Å². The quantitative estimate of drug-likeness (QED) is 0.326. The topological polar surface area (TPSA) is 157 Å². The van der Waals surface area contributed by atoms with Crippen LogP contribution in [0.1, 0.15) is 47.0 Å². The number of carbonyl (C=O) groups is 1. The summed E-state index contributed by atoms with van der Waals surface area (Å²) in [6.07, 6.45) is -6.70. The minimum Gasteiger partial charge on any atom is -0.396 e. The molecule has 0 aromatic heterocycles. The zero-order valence-electron chi connectivity index (χ0n) is 18.1. The lowest BCUT2D eigenvalue weighted by Gasteiger charge is -2.62. The van der Waals surface area contributed by atoms with Crippen LogP contribution in [0.15, 0.2) is 0 Å². The molecule has 10 atom stereocenters. The van der Waals surface area contributed by atoms with Crippen molar-refractivity contribution in [2.75, 3.05) is 13.2 Å². The van der Waals surface area contributed by atoms with Gasteiger partial charge in [0.15, 0.2) is 6.29 Å². The lowest BCUT2D eigenvalue weighted by molar-refractivity contribution is -0.334. The minimum absolute atomic E-state index is 0.0608. The number of Topliss-reactive ketones (excluding diaryl/α,β-unsaturated/α-hetero) is 1. The predicted octanol–water partition coefficient (Wildman–Crippen LogP) is -1.05. The fourth-order valence-electron chi connectivity index (χ4n) is 6.39. The maximum Gasteiger partial charge on any atom is 0.186 e. The molecule has 3 rings (SSSR count). The standard InChI is InChI=1S/C21H36O9/c1-19(2)6-5-13(30-18-16(27)15(26)14(25)11(8-22)29-18)21(4)12(9-23)20(3,28)7-10(24)17(19)21/h11-18,22-23,25-28H,5-9H2,1-4H3/t11-,12+,13+,14-,15+,16-,17+,18+,20-,21+/m1/s1. The molecule has 0 aromatic carbocycles. The van der Waals surface area contributed by atoms with Gasteiger partial charge in [0.2, 0.25) is 0 Å². The van der Waals surface area contributed by atoms with Gasteiger partial charge in [-0.3, -0.25) is 4.79 Å². The van der Waals surface area contributed by atoms with Crippen LogP contribution >= 0.6 is 0 Å². The summed E-state index contributed by atoms with van der Waals surface area (Å²) in [6.45, 7) is 6.42. The molecule has 0 bridgehead atoms. The Hall–Kier alpha value is -0.650. The van der Waals surface area contributed by atoms with Crippen LogP contribution in [0, 0.1) is 22.7 Å². The van der Waals surface area contributed by atoms with E-state index in [0.717, 1.165) is 0 Å². The maximum atomic E-state index is 13.1. The summed E-state index contributed by atoms with van der Waals surface area (Å²) in [5, 5.41) is 61.1. The highest BCUT2D eigenvalue weighted by molar-refractivity contribution is 5.85. The van der Waals surface area contributed by atoms with E-state index in [9.17, 15) is 35.4 Å². The molecule has 3 aliphatic rings. The van der Waals surface area contributed by atoms with Crippen LogP contribution in [0.3, 0.4) is 0 Å².